The molecule has 0 spiro atoms. The van der Waals surface area contributed by atoms with E-state index in [1.807, 2.05) is 30.0 Å². The van der Waals surface area contributed by atoms with Gasteiger partial charge in [0.15, 0.2) is 0 Å². The van der Waals surface area contributed by atoms with E-state index in [1.165, 1.54) is 25.7 Å². The minimum absolute atomic E-state index is 0.498. The van der Waals surface area contributed by atoms with Crippen molar-refractivity contribution in [2.45, 2.75) is 37.0 Å². The van der Waals surface area contributed by atoms with Gasteiger partial charge in [0.25, 0.3) is 0 Å². The first-order chi connectivity index (χ1) is 8.74. The van der Waals surface area contributed by atoms with Gasteiger partial charge in [-0.3, -0.25) is 0 Å². The van der Waals surface area contributed by atoms with Crippen molar-refractivity contribution >= 4 is 33.4 Å². The zero-order valence-electron chi connectivity index (χ0n) is 10.4. The quantitative estimate of drug-likeness (QED) is 0.894. The van der Waals surface area contributed by atoms with E-state index >= 15 is 0 Å². The van der Waals surface area contributed by atoms with Crippen molar-refractivity contribution in [1.29, 1.82) is 5.26 Å². The number of nitrogens with one attached hydrogen (secondary N) is 1. The predicted molar refractivity (Wildman–Crippen MR) is 82.0 cm³/mol. The lowest BCUT2D eigenvalue weighted by Crippen LogP contribution is -2.28. The van der Waals surface area contributed by atoms with Crippen molar-refractivity contribution in [2.75, 3.05) is 11.6 Å². The molecule has 0 saturated heterocycles. The fourth-order valence-electron chi connectivity index (χ4n) is 2.47. The van der Waals surface area contributed by atoms with Gasteiger partial charge in [0, 0.05) is 15.8 Å². The highest BCUT2D eigenvalue weighted by molar-refractivity contribution is 9.10. The number of thioether (sulfide) groups is 1. The normalized spacial score (nSPS) is 23.4. The molecule has 4 heteroatoms. The van der Waals surface area contributed by atoms with Crippen molar-refractivity contribution in [3.8, 4) is 6.07 Å². The maximum Gasteiger partial charge on any atom is 0.103 e. The second kappa shape index (κ2) is 6.49. The van der Waals surface area contributed by atoms with E-state index in [4.69, 9.17) is 0 Å². The number of halogens is 1. The second-order valence-corrected chi connectivity index (χ2v) is 6.63. The largest absolute Gasteiger partial charge is 0.381 e. The van der Waals surface area contributed by atoms with Gasteiger partial charge >= 0.3 is 0 Å². The minimum Gasteiger partial charge on any atom is -0.381 e. The van der Waals surface area contributed by atoms with E-state index in [-0.39, 0.29) is 0 Å². The molecule has 18 heavy (non-hydrogen) atoms. The molecule has 0 aromatic heterocycles. The van der Waals surface area contributed by atoms with Gasteiger partial charge in [-0.25, -0.2) is 0 Å². The summed E-state index contributed by atoms with van der Waals surface area (Å²) < 4.78 is 0.868. The fourth-order valence-corrected chi connectivity index (χ4v) is 3.75. The molecule has 2 rings (SSSR count). The van der Waals surface area contributed by atoms with Gasteiger partial charge in [0.2, 0.25) is 0 Å². The van der Waals surface area contributed by atoms with Crippen LogP contribution in [0, 0.1) is 11.3 Å². The molecule has 0 aliphatic heterocycles. The number of hydrogen-bond acceptors (Lipinski definition) is 3. The van der Waals surface area contributed by atoms with E-state index in [9.17, 15) is 5.26 Å². The maximum absolute atomic E-state index is 9.20. The molecule has 96 valence electrons. The van der Waals surface area contributed by atoms with Crippen LogP contribution in [0.3, 0.4) is 0 Å². The highest BCUT2D eigenvalue weighted by Crippen LogP contribution is 2.31. The topological polar surface area (TPSA) is 35.8 Å². The summed E-state index contributed by atoms with van der Waals surface area (Å²) in [6.45, 7) is 0. The van der Waals surface area contributed by atoms with Crippen LogP contribution in [0.5, 0.6) is 0 Å². The Balaban J connectivity index is 2.10. The summed E-state index contributed by atoms with van der Waals surface area (Å²) in [6.07, 6.45) is 7.18. The lowest BCUT2D eigenvalue weighted by molar-refractivity contribution is 0.473. The maximum atomic E-state index is 9.20. The lowest BCUT2D eigenvalue weighted by atomic mass is 9.94. The first-order valence-electron chi connectivity index (χ1n) is 6.22. The van der Waals surface area contributed by atoms with Gasteiger partial charge in [-0.15, -0.1) is 0 Å². The average Bonchev–Trinajstić information content (AvgIpc) is 2.39. The SMILES string of the molecule is CSC1CCCC(Nc2cccc(Br)c2C#N)C1. The first-order valence-corrected chi connectivity index (χ1v) is 8.30. The van der Waals surface area contributed by atoms with Crippen LogP contribution in [0.15, 0.2) is 22.7 Å². The van der Waals surface area contributed by atoms with E-state index in [0.717, 1.165) is 15.4 Å². The van der Waals surface area contributed by atoms with E-state index in [2.05, 4.69) is 33.6 Å². The van der Waals surface area contributed by atoms with Crippen molar-refractivity contribution in [1.82, 2.24) is 0 Å². The smallest absolute Gasteiger partial charge is 0.103 e. The molecule has 1 aromatic rings. The summed E-state index contributed by atoms with van der Waals surface area (Å²) in [6, 6.07) is 8.64. The van der Waals surface area contributed by atoms with Crippen molar-refractivity contribution < 1.29 is 0 Å². The van der Waals surface area contributed by atoms with E-state index < -0.39 is 0 Å². The number of hydrogen-bond donors (Lipinski definition) is 1. The van der Waals surface area contributed by atoms with Gasteiger partial charge in [0.1, 0.15) is 6.07 Å². The van der Waals surface area contributed by atoms with E-state index in [1.54, 1.807) is 0 Å². The lowest BCUT2D eigenvalue weighted by Gasteiger charge is -2.29. The molecule has 1 N–H and O–H groups in total. The fraction of sp³-hybridized carbons (Fsp3) is 0.500. The Bertz CT molecular complexity index is 456. The molecular formula is C14H17BrN2S. The second-order valence-electron chi connectivity index (χ2n) is 4.64. The predicted octanol–water partition coefficient (Wildman–Crippen LogP) is 4.41. The molecular weight excluding hydrogens is 308 g/mol. The van der Waals surface area contributed by atoms with Gasteiger partial charge < -0.3 is 5.32 Å². The molecule has 0 amide bonds. The Morgan fingerprint density at radius 1 is 1.44 bits per heavy atom. The third-order valence-corrected chi connectivity index (χ3v) is 5.20. The van der Waals surface area contributed by atoms with Gasteiger partial charge in [-0.1, -0.05) is 12.5 Å². The summed E-state index contributed by atoms with van der Waals surface area (Å²) in [4.78, 5) is 0. The van der Waals surface area contributed by atoms with Gasteiger partial charge in [0.05, 0.1) is 11.3 Å². The standard InChI is InChI=1S/C14H17BrN2S/c1-18-11-5-2-4-10(8-11)17-14-7-3-6-13(15)12(14)9-16/h3,6-7,10-11,17H,2,4-5,8H2,1H3. The van der Waals surface area contributed by atoms with Crippen molar-refractivity contribution in [3.63, 3.8) is 0 Å². The Morgan fingerprint density at radius 2 is 2.28 bits per heavy atom. The van der Waals surface area contributed by atoms with Crippen LogP contribution in [-0.2, 0) is 0 Å². The third-order valence-electron chi connectivity index (χ3n) is 3.44. The number of nitrogens with zero attached hydrogens (tertiary/aromatic N) is 1. The molecule has 1 aliphatic carbocycles. The molecule has 1 saturated carbocycles. The molecule has 1 aliphatic rings. The number of rotatable bonds is 3. The molecule has 2 atom stereocenters. The Morgan fingerprint density at radius 3 is 3.00 bits per heavy atom. The molecule has 0 bridgehead atoms. The van der Waals surface area contributed by atoms with Gasteiger partial charge in [-0.05, 0) is 53.6 Å². The molecule has 1 fully saturated rings. The minimum atomic E-state index is 0.498. The van der Waals surface area contributed by atoms with Gasteiger partial charge in [-0.2, -0.15) is 17.0 Å². The van der Waals surface area contributed by atoms with Crippen LogP contribution in [-0.4, -0.2) is 17.5 Å². The summed E-state index contributed by atoms with van der Waals surface area (Å²) in [5.41, 5.74) is 1.67. The number of anilines is 1. The molecule has 0 heterocycles. The summed E-state index contributed by atoms with van der Waals surface area (Å²) in [5.74, 6) is 0. The van der Waals surface area contributed by atoms with Crippen LogP contribution < -0.4 is 5.32 Å². The van der Waals surface area contributed by atoms with Crippen LogP contribution in [0.2, 0.25) is 0 Å². The third kappa shape index (κ3) is 3.21. The van der Waals surface area contributed by atoms with Crippen LogP contribution >= 0.6 is 27.7 Å². The zero-order valence-corrected chi connectivity index (χ0v) is 12.9. The average molecular weight is 325 g/mol. The Labute approximate surface area is 121 Å². The van der Waals surface area contributed by atoms with Crippen molar-refractivity contribution in [3.05, 3.63) is 28.2 Å². The highest BCUT2D eigenvalue weighted by atomic mass is 79.9. The molecule has 0 radical (unpaired) electrons. The number of nitriles is 1. The summed E-state index contributed by atoms with van der Waals surface area (Å²) >= 11 is 5.39. The molecule has 2 nitrogen and oxygen atoms in total. The zero-order chi connectivity index (χ0) is 13.0. The van der Waals surface area contributed by atoms with Crippen LogP contribution in [0.1, 0.15) is 31.2 Å². The van der Waals surface area contributed by atoms with Crippen molar-refractivity contribution in [2.24, 2.45) is 0 Å². The monoisotopic (exact) mass is 324 g/mol. The first kappa shape index (κ1) is 13.8. The molecule has 1 aromatic carbocycles. The summed E-state index contributed by atoms with van der Waals surface area (Å²) in [5, 5.41) is 13.5. The highest BCUT2D eigenvalue weighted by Gasteiger charge is 2.21. The number of benzene rings is 1. The Hall–Kier alpha value is -0.660. The van der Waals surface area contributed by atoms with E-state index in [0.29, 0.717) is 11.6 Å². The molecule has 2 unspecified atom stereocenters. The summed E-state index contributed by atoms with van der Waals surface area (Å²) in [7, 11) is 0. The van der Waals surface area contributed by atoms with Crippen LogP contribution in [0.25, 0.3) is 0 Å². The van der Waals surface area contributed by atoms with Crippen LogP contribution in [0.4, 0.5) is 5.69 Å². The Kier molecular flexibility index (Phi) is 4.96.